The molecular weight excluding hydrogens is 528 g/mol. The van der Waals surface area contributed by atoms with Gasteiger partial charge in [-0.05, 0) is 75.0 Å². The predicted molar refractivity (Wildman–Crippen MR) is 165 cm³/mol. The molecule has 2 fully saturated rings. The van der Waals surface area contributed by atoms with Crippen LogP contribution >= 0.6 is 0 Å². The molecule has 3 aliphatic rings. The van der Waals surface area contributed by atoms with Crippen LogP contribution in [-0.2, 0) is 18.6 Å². The van der Waals surface area contributed by atoms with Crippen molar-refractivity contribution in [1.29, 1.82) is 0 Å². The van der Waals surface area contributed by atoms with Gasteiger partial charge in [-0.15, -0.1) is 6.58 Å². The van der Waals surface area contributed by atoms with E-state index in [-0.39, 0.29) is 17.5 Å². The van der Waals surface area contributed by atoms with Gasteiger partial charge < -0.3 is 20.2 Å². The fraction of sp³-hybridized carbons (Fsp3) is 0.438. The van der Waals surface area contributed by atoms with Crippen molar-refractivity contribution in [1.82, 2.24) is 29.2 Å². The number of hydrogen-bond donors (Lipinski definition) is 2. The third-order valence-electron chi connectivity index (χ3n) is 9.62. The Kier molecular flexibility index (Phi) is 6.25. The van der Waals surface area contributed by atoms with Crippen LogP contribution in [0.2, 0.25) is 0 Å². The molecule has 1 saturated carbocycles. The van der Waals surface area contributed by atoms with Crippen molar-refractivity contribution in [2.24, 2.45) is 5.41 Å². The van der Waals surface area contributed by atoms with E-state index in [4.69, 9.17) is 9.97 Å². The molecule has 2 N–H and O–H groups in total. The Hall–Kier alpha value is -4.02. The van der Waals surface area contributed by atoms with Gasteiger partial charge in [0.2, 0.25) is 5.95 Å². The van der Waals surface area contributed by atoms with Crippen LogP contribution in [0.25, 0.3) is 16.9 Å². The van der Waals surface area contributed by atoms with Gasteiger partial charge in [0.15, 0.2) is 11.5 Å². The highest BCUT2D eigenvalue weighted by Gasteiger charge is 2.63. The van der Waals surface area contributed by atoms with Gasteiger partial charge in [0.05, 0.1) is 12.2 Å². The predicted octanol–water partition coefficient (Wildman–Crippen LogP) is 3.90. The summed E-state index contributed by atoms with van der Waals surface area (Å²) >= 11 is 0. The number of piperazine rings is 1. The van der Waals surface area contributed by atoms with E-state index in [9.17, 15) is 9.90 Å². The molecule has 0 radical (unpaired) electrons. The Morgan fingerprint density at radius 1 is 1.12 bits per heavy atom. The van der Waals surface area contributed by atoms with Crippen molar-refractivity contribution < 1.29 is 5.11 Å². The van der Waals surface area contributed by atoms with E-state index in [1.165, 1.54) is 11.3 Å². The Bertz CT molecular complexity index is 1760. The topological polar surface area (TPSA) is 104 Å². The molecule has 1 atom stereocenters. The summed E-state index contributed by atoms with van der Waals surface area (Å²) in [6.45, 7) is 12.4. The molecule has 0 amide bonds. The van der Waals surface area contributed by atoms with E-state index in [1.54, 1.807) is 21.6 Å². The maximum absolute atomic E-state index is 13.5. The SMILES string of the molecule is C=CCn1c(=O)c2cnc(Nc3ccc(N4CCN(C)CC4)c(C)c3)nc2n1-c1ccc2c(n1)C(O)(CC)C1(CC1)C2. The molecule has 4 heterocycles. The van der Waals surface area contributed by atoms with Gasteiger partial charge in [-0.25, -0.2) is 19.3 Å². The number of aliphatic hydroxyl groups is 1. The second kappa shape index (κ2) is 9.78. The number of aromatic nitrogens is 5. The Morgan fingerprint density at radius 3 is 2.60 bits per heavy atom. The quantitative estimate of drug-likeness (QED) is 0.325. The Labute approximate surface area is 245 Å². The molecule has 218 valence electrons. The summed E-state index contributed by atoms with van der Waals surface area (Å²) < 4.78 is 3.31. The van der Waals surface area contributed by atoms with E-state index in [2.05, 4.69) is 52.8 Å². The standard InChI is InChI=1S/C32H38N8O2/c1-5-13-39-29(41)24-20-33-30(34-23-8-9-25(21(3)18-23)38-16-14-37(4)15-17-38)36-28(24)40(39)26-10-7-22-19-31(11-12-31)32(42,6-2)27(22)35-26/h5,7-10,18,20,42H,1,6,11-17,19H2,2-4H3,(H,33,34,36). The molecule has 1 saturated heterocycles. The van der Waals surface area contributed by atoms with Crippen LogP contribution in [-0.4, -0.2) is 67.5 Å². The van der Waals surface area contributed by atoms with Crippen molar-refractivity contribution in [2.45, 2.75) is 51.7 Å². The fourth-order valence-electron chi connectivity index (χ4n) is 7.02. The van der Waals surface area contributed by atoms with Crippen LogP contribution in [0.1, 0.15) is 43.0 Å². The number of nitrogens with zero attached hydrogens (tertiary/aromatic N) is 7. The summed E-state index contributed by atoms with van der Waals surface area (Å²) in [5.41, 5.74) is 4.29. The molecule has 10 nitrogen and oxygen atoms in total. The highest BCUT2D eigenvalue weighted by atomic mass is 16.3. The van der Waals surface area contributed by atoms with Crippen LogP contribution in [0, 0.1) is 12.3 Å². The second-order valence-electron chi connectivity index (χ2n) is 12.2. The lowest BCUT2D eigenvalue weighted by Crippen LogP contribution is -2.44. The van der Waals surface area contributed by atoms with Crippen LogP contribution < -0.4 is 15.8 Å². The van der Waals surface area contributed by atoms with Gasteiger partial charge >= 0.3 is 0 Å². The number of benzene rings is 1. The lowest BCUT2D eigenvalue weighted by atomic mass is 9.84. The molecule has 42 heavy (non-hydrogen) atoms. The van der Waals surface area contributed by atoms with Crippen LogP contribution in [0.3, 0.4) is 0 Å². The lowest BCUT2D eigenvalue weighted by Gasteiger charge is -2.35. The first kappa shape index (κ1) is 26.9. The number of aryl methyl sites for hydroxylation is 1. The van der Waals surface area contributed by atoms with Gasteiger partial charge in [-0.3, -0.25) is 4.79 Å². The maximum atomic E-state index is 13.5. The number of hydrogen-bond acceptors (Lipinski definition) is 8. The summed E-state index contributed by atoms with van der Waals surface area (Å²) in [7, 11) is 2.16. The van der Waals surface area contributed by atoms with Crippen molar-refractivity contribution in [3.05, 3.63) is 76.4 Å². The molecule has 3 aromatic heterocycles. The van der Waals surface area contributed by atoms with Crippen LogP contribution in [0.4, 0.5) is 17.3 Å². The average molecular weight is 567 g/mol. The van der Waals surface area contributed by atoms with Crippen LogP contribution in [0.15, 0.2) is 54.0 Å². The van der Waals surface area contributed by atoms with Crippen molar-refractivity contribution in [2.75, 3.05) is 43.4 Å². The van der Waals surface area contributed by atoms with Gasteiger partial charge in [-0.1, -0.05) is 19.1 Å². The number of anilines is 3. The normalized spacial score (nSPS) is 21.2. The minimum Gasteiger partial charge on any atom is -0.383 e. The molecule has 1 unspecified atom stereocenters. The zero-order valence-corrected chi connectivity index (χ0v) is 24.6. The summed E-state index contributed by atoms with van der Waals surface area (Å²) in [6, 6.07) is 10.3. The number of allylic oxidation sites excluding steroid dienone is 1. The van der Waals surface area contributed by atoms with E-state index in [0.717, 1.165) is 62.4 Å². The molecule has 0 bridgehead atoms. The average Bonchev–Trinajstić information content (AvgIpc) is 3.67. The molecule has 1 spiro atoms. The largest absolute Gasteiger partial charge is 0.383 e. The second-order valence-corrected chi connectivity index (χ2v) is 12.2. The summed E-state index contributed by atoms with van der Waals surface area (Å²) in [5.74, 6) is 0.936. The zero-order valence-electron chi connectivity index (χ0n) is 24.6. The summed E-state index contributed by atoms with van der Waals surface area (Å²) in [4.78, 5) is 32.6. The zero-order chi connectivity index (χ0) is 29.2. The van der Waals surface area contributed by atoms with Crippen LogP contribution in [0.5, 0.6) is 0 Å². The summed E-state index contributed by atoms with van der Waals surface area (Å²) in [6.07, 6.45) is 6.72. The van der Waals surface area contributed by atoms with Gasteiger partial charge in [0, 0.05) is 49.2 Å². The highest BCUT2D eigenvalue weighted by Crippen LogP contribution is 2.65. The first-order chi connectivity index (χ1) is 20.3. The Morgan fingerprint density at radius 2 is 1.90 bits per heavy atom. The molecule has 10 heteroatoms. The monoisotopic (exact) mass is 566 g/mol. The maximum Gasteiger partial charge on any atom is 0.278 e. The smallest absolute Gasteiger partial charge is 0.278 e. The lowest BCUT2D eigenvalue weighted by molar-refractivity contribution is -0.0324. The van der Waals surface area contributed by atoms with Gasteiger partial charge in [0.25, 0.3) is 5.56 Å². The van der Waals surface area contributed by atoms with E-state index < -0.39 is 5.60 Å². The van der Waals surface area contributed by atoms with Crippen molar-refractivity contribution in [3.63, 3.8) is 0 Å². The van der Waals surface area contributed by atoms with E-state index >= 15 is 0 Å². The molecule has 1 aromatic carbocycles. The van der Waals surface area contributed by atoms with Gasteiger partial charge in [0.1, 0.15) is 11.0 Å². The third kappa shape index (κ3) is 4.07. The summed E-state index contributed by atoms with van der Waals surface area (Å²) in [5, 5.41) is 15.5. The molecule has 2 aliphatic carbocycles. The number of rotatable bonds is 7. The molecule has 7 rings (SSSR count). The van der Waals surface area contributed by atoms with Gasteiger partial charge in [-0.2, -0.15) is 4.98 Å². The number of likely N-dealkylation sites (N-methyl/N-ethyl adjacent to an activating group) is 1. The first-order valence-corrected chi connectivity index (χ1v) is 14.9. The van der Waals surface area contributed by atoms with E-state index in [1.807, 2.05) is 25.1 Å². The number of pyridine rings is 1. The van der Waals surface area contributed by atoms with Crippen molar-refractivity contribution >= 4 is 28.4 Å². The molecular formula is C32H38N8O2. The Balaban J connectivity index is 1.26. The molecule has 1 aliphatic heterocycles. The minimum absolute atomic E-state index is 0.105. The molecule has 4 aromatic rings. The van der Waals surface area contributed by atoms with Crippen molar-refractivity contribution in [3.8, 4) is 5.82 Å². The highest BCUT2D eigenvalue weighted by molar-refractivity contribution is 5.77. The third-order valence-corrected chi connectivity index (χ3v) is 9.62. The first-order valence-electron chi connectivity index (χ1n) is 14.9. The van der Waals surface area contributed by atoms with E-state index in [0.29, 0.717) is 29.2 Å². The minimum atomic E-state index is -0.958. The fourth-order valence-corrected chi connectivity index (χ4v) is 7.02. The number of fused-ring (bicyclic) bond motifs is 2. The number of nitrogens with one attached hydrogen (secondary N) is 1.